The van der Waals surface area contributed by atoms with E-state index in [0.29, 0.717) is 18.0 Å². The number of aryl methyl sites for hydroxylation is 1. The molecule has 0 saturated heterocycles. The minimum absolute atomic E-state index is 0.0157. The van der Waals surface area contributed by atoms with Crippen LogP contribution < -0.4 is 10.1 Å². The number of carbonyl (C=O) groups excluding carboxylic acids is 1. The lowest BCUT2D eigenvalue weighted by Crippen LogP contribution is -2.14. The summed E-state index contributed by atoms with van der Waals surface area (Å²) in [5, 5.41) is 15.4. The highest BCUT2D eigenvalue weighted by Gasteiger charge is 2.13. The van der Waals surface area contributed by atoms with Gasteiger partial charge in [0.05, 0.1) is 12.3 Å². The van der Waals surface area contributed by atoms with Crippen molar-refractivity contribution in [2.45, 2.75) is 13.8 Å². The number of rotatable bonds is 4. The number of anilines is 1. The fourth-order valence-corrected chi connectivity index (χ4v) is 1.44. The molecule has 0 fully saturated rings. The smallest absolute Gasteiger partial charge is 0.297 e. The first-order valence-electron chi connectivity index (χ1n) is 5.49. The van der Waals surface area contributed by atoms with Crippen molar-refractivity contribution in [2.24, 2.45) is 0 Å². The first kappa shape index (κ1) is 12.0. The van der Waals surface area contributed by atoms with Crippen LogP contribution in [0.15, 0.2) is 18.2 Å². The molecule has 2 aromatic rings. The molecule has 0 bridgehead atoms. The molecule has 0 atom stereocenters. The number of H-pyrrole nitrogens is 1. The molecule has 0 saturated carbocycles. The van der Waals surface area contributed by atoms with Gasteiger partial charge in [-0.3, -0.25) is 4.79 Å². The van der Waals surface area contributed by atoms with Gasteiger partial charge in [-0.05, 0) is 36.8 Å². The summed E-state index contributed by atoms with van der Waals surface area (Å²) in [4.78, 5) is 11.8. The highest BCUT2D eigenvalue weighted by molar-refractivity contribution is 6.02. The van der Waals surface area contributed by atoms with Gasteiger partial charge in [-0.1, -0.05) is 6.07 Å². The van der Waals surface area contributed by atoms with Crippen LogP contribution >= 0.6 is 0 Å². The van der Waals surface area contributed by atoms with Crippen molar-refractivity contribution in [3.8, 4) is 5.75 Å². The Morgan fingerprint density at radius 2 is 2.33 bits per heavy atom. The van der Waals surface area contributed by atoms with Gasteiger partial charge >= 0.3 is 0 Å². The van der Waals surface area contributed by atoms with E-state index >= 15 is 0 Å². The molecule has 94 valence electrons. The molecule has 7 heteroatoms. The van der Waals surface area contributed by atoms with Crippen LogP contribution in [0.2, 0.25) is 0 Å². The number of tetrazole rings is 1. The Balaban J connectivity index is 2.20. The maximum absolute atomic E-state index is 11.8. The van der Waals surface area contributed by atoms with E-state index in [0.717, 1.165) is 5.56 Å². The van der Waals surface area contributed by atoms with Crippen molar-refractivity contribution in [1.29, 1.82) is 0 Å². The average Bonchev–Trinajstić information content (AvgIpc) is 2.86. The van der Waals surface area contributed by atoms with Crippen LogP contribution in [0, 0.1) is 6.92 Å². The fraction of sp³-hybridized carbons (Fsp3) is 0.273. The van der Waals surface area contributed by atoms with Crippen LogP contribution in [0.25, 0.3) is 0 Å². The topological polar surface area (TPSA) is 92.8 Å². The van der Waals surface area contributed by atoms with Crippen LogP contribution in [0.1, 0.15) is 23.1 Å². The second kappa shape index (κ2) is 5.26. The molecule has 1 aromatic heterocycles. The third-order valence-corrected chi connectivity index (χ3v) is 2.23. The molecule has 2 rings (SSSR count). The van der Waals surface area contributed by atoms with Crippen molar-refractivity contribution in [1.82, 2.24) is 20.6 Å². The molecule has 2 N–H and O–H groups in total. The predicted octanol–water partition coefficient (Wildman–Crippen LogP) is 1.16. The average molecular weight is 247 g/mol. The summed E-state index contributed by atoms with van der Waals surface area (Å²) in [5.74, 6) is 0.168. The van der Waals surface area contributed by atoms with Crippen LogP contribution in [-0.2, 0) is 0 Å². The number of hydrogen-bond acceptors (Lipinski definition) is 5. The number of nitrogens with one attached hydrogen (secondary N) is 2. The summed E-state index contributed by atoms with van der Waals surface area (Å²) >= 11 is 0. The van der Waals surface area contributed by atoms with Crippen molar-refractivity contribution in [3.63, 3.8) is 0 Å². The Morgan fingerprint density at radius 3 is 3.00 bits per heavy atom. The van der Waals surface area contributed by atoms with E-state index in [9.17, 15) is 4.79 Å². The number of amides is 1. The van der Waals surface area contributed by atoms with Gasteiger partial charge < -0.3 is 10.1 Å². The number of ether oxygens (including phenoxy) is 1. The van der Waals surface area contributed by atoms with Gasteiger partial charge in [0, 0.05) is 0 Å². The van der Waals surface area contributed by atoms with Gasteiger partial charge in [-0.2, -0.15) is 5.21 Å². The minimum atomic E-state index is -0.437. The molecule has 0 aliphatic carbocycles. The molecule has 7 nitrogen and oxygen atoms in total. The Kier molecular flexibility index (Phi) is 3.52. The SMILES string of the molecule is CCOc1cc(C)ccc1NC(=O)c1nn[nH]n1. The molecule has 18 heavy (non-hydrogen) atoms. The summed E-state index contributed by atoms with van der Waals surface area (Å²) in [6.07, 6.45) is 0. The van der Waals surface area contributed by atoms with E-state index in [4.69, 9.17) is 4.74 Å². The van der Waals surface area contributed by atoms with E-state index in [1.807, 2.05) is 26.0 Å². The molecule has 1 amide bonds. The summed E-state index contributed by atoms with van der Waals surface area (Å²) in [6, 6.07) is 5.52. The molecule has 0 aliphatic heterocycles. The lowest BCUT2D eigenvalue weighted by atomic mass is 10.2. The Morgan fingerprint density at radius 1 is 1.50 bits per heavy atom. The highest BCUT2D eigenvalue weighted by Crippen LogP contribution is 2.25. The van der Waals surface area contributed by atoms with Crippen LogP contribution in [0.3, 0.4) is 0 Å². The van der Waals surface area contributed by atoms with E-state index in [2.05, 4.69) is 25.9 Å². The first-order valence-corrected chi connectivity index (χ1v) is 5.49. The Hall–Kier alpha value is -2.44. The van der Waals surface area contributed by atoms with E-state index in [1.165, 1.54) is 0 Å². The number of nitrogens with zero attached hydrogens (tertiary/aromatic N) is 3. The van der Waals surface area contributed by atoms with Gasteiger partial charge in [-0.15, -0.1) is 10.2 Å². The summed E-state index contributed by atoms with van der Waals surface area (Å²) in [7, 11) is 0. The van der Waals surface area contributed by atoms with E-state index in [-0.39, 0.29) is 5.82 Å². The molecule has 1 aromatic carbocycles. The number of aromatic nitrogens is 4. The second-order valence-corrected chi connectivity index (χ2v) is 3.62. The van der Waals surface area contributed by atoms with Crippen LogP contribution in [0.4, 0.5) is 5.69 Å². The maximum atomic E-state index is 11.8. The van der Waals surface area contributed by atoms with E-state index < -0.39 is 5.91 Å². The fourth-order valence-electron chi connectivity index (χ4n) is 1.44. The maximum Gasteiger partial charge on any atom is 0.297 e. The number of carbonyl (C=O) groups is 1. The van der Waals surface area contributed by atoms with Crippen molar-refractivity contribution in [3.05, 3.63) is 29.6 Å². The Bertz CT molecular complexity index is 538. The van der Waals surface area contributed by atoms with Crippen LogP contribution in [0.5, 0.6) is 5.75 Å². The summed E-state index contributed by atoms with van der Waals surface area (Å²) in [5.41, 5.74) is 1.63. The molecule has 0 aliphatic rings. The quantitative estimate of drug-likeness (QED) is 0.845. The number of hydrogen-bond donors (Lipinski definition) is 2. The van der Waals surface area contributed by atoms with Gasteiger partial charge in [0.2, 0.25) is 0 Å². The van der Waals surface area contributed by atoms with E-state index in [1.54, 1.807) is 6.07 Å². The third-order valence-electron chi connectivity index (χ3n) is 2.23. The first-order chi connectivity index (χ1) is 8.70. The van der Waals surface area contributed by atoms with Gasteiger partial charge in [0.15, 0.2) is 0 Å². The largest absolute Gasteiger partial charge is 0.492 e. The summed E-state index contributed by atoms with van der Waals surface area (Å²) in [6.45, 7) is 4.36. The highest BCUT2D eigenvalue weighted by atomic mass is 16.5. The normalized spacial score (nSPS) is 10.1. The Labute approximate surface area is 104 Å². The third kappa shape index (κ3) is 2.62. The van der Waals surface area contributed by atoms with Gasteiger partial charge in [-0.25, -0.2) is 0 Å². The van der Waals surface area contributed by atoms with Gasteiger partial charge in [0.1, 0.15) is 5.75 Å². The molecule has 0 spiro atoms. The van der Waals surface area contributed by atoms with Crippen LogP contribution in [-0.4, -0.2) is 33.1 Å². The minimum Gasteiger partial charge on any atom is -0.492 e. The molecule has 0 radical (unpaired) electrons. The predicted molar refractivity (Wildman–Crippen MR) is 64.5 cm³/mol. The molecule has 1 heterocycles. The summed E-state index contributed by atoms with van der Waals surface area (Å²) < 4.78 is 5.46. The lowest BCUT2D eigenvalue weighted by molar-refractivity contribution is 0.101. The molecule has 0 unspecified atom stereocenters. The molecular weight excluding hydrogens is 234 g/mol. The monoisotopic (exact) mass is 247 g/mol. The van der Waals surface area contributed by atoms with Crippen molar-refractivity contribution in [2.75, 3.05) is 11.9 Å². The van der Waals surface area contributed by atoms with Gasteiger partial charge in [0.25, 0.3) is 11.7 Å². The number of benzene rings is 1. The zero-order valence-electron chi connectivity index (χ0n) is 10.1. The lowest BCUT2D eigenvalue weighted by Gasteiger charge is -2.11. The zero-order chi connectivity index (χ0) is 13.0. The standard InChI is InChI=1S/C11H13N5O2/c1-3-18-9-6-7(2)4-5-8(9)12-11(17)10-13-15-16-14-10/h4-6H,3H2,1-2H3,(H,12,17)(H,13,14,15,16). The second-order valence-electron chi connectivity index (χ2n) is 3.62. The number of aromatic amines is 1. The van der Waals surface area contributed by atoms with Crippen molar-refractivity contribution < 1.29 is 9.53 Å². The molecular formula is C11H13N5O2. The van der Waals surface area contributed by atoms with Crippen molar-refractivity contribution >= 4 is 11.6 Å². The zero-order valence-corrected chi connectivity index (χ0v) is 10.1.